The largest absolute Gasteiger partial charge is 0.463 e. The average molecular weight is 483 g/mol. The van der Waals surface area contributed by atoms with Crippen molar-refractivity contribution in [3.63, 3.8) is 0 Å². The molecule has 3 unspecified atom stereocenters. The van der Waals surface area contributed by atoms with E-state index in [1.54, 1.807) is 11.8 Å². The maximum Gasteiger partial charge on any atom is 0.303 e. The van der Waals surface area contributed by atoms with Gasteiger partial charge in [-0.15, -0.1) is 0 Å². The van der Waals surface area contributed by atoms with E-state index in [4.69, 9.17) is 14.2 Å². The van der Waals surface area contributed by atoms with Gasteiger partial charge < -0.3 is 14.2 Å². The van der Waals surface area contributed by atoms with Gasteiger partial charge in [-0.25, -0.2) is 0 Å². The van der Waals surface area contributed by atoms with Crippen LogP contribution in [0.2, 0.25) is 0 Å². The highest BCUT2D eigenvalue weighted by atomic mass is 32.2. The fourth-order valence-corrected chi connectivity index (χ4v) is 6.40. The Bertz CT molecular complexity index is 1020. The van der Waals surface area contributed by atoms with Crippen LogP contribution in [0.3, 0.4) is 0 Å². The molecule has 0 saturated carbocycles. The Hall–Kier alpha value is -2.31. The Morgan fingerprint density at radius 3 is 2.59 bits per heavy atom. The first-order chi connectivity index (χ1) is 16.3. The monoisotopic (exact) mass is 482 g/mol. The minimum atomic E-state index is -0.385. The van der Waals surface area contributed by atoms with Crippen LogP contribution in [0.4, 0.5) is 0 Å². The van der Waals surface area contributed by atoms with Gasteiger partial charge in [0.05, 0.1) is 6.10 Å². The molecule has 0 aromatic heterocycles. The molecular weight excluding hydrogens is 448 g/mol. The van der Waals surface area contributed by atoms with E-state index in [1.165, 1.54) is 37.0 Å². The van der Waals surface area contributed by atoms with E-state index in [2.05, 4.69) is 62.4 Å². The number of benzene rings is 2. The molecule has 1 aliphatic heterocycles. The second kappa shape index (κ2) is 11.0. The summed E-state index contributed by atoms with van der Waals surface area (Å²) in [7, 11) is 0. The molecule has 0 bridgehead atoms. The highest BCUT2D eigenvalue weighted by Crippen LogP contribution is 2.42. The Labute approximate surface area is 206 Å². The summed E-state index contributed by atoms with van der Waals surface area (Å²) in [6.07, 6.45) is 2.83. The lowest BCUT2D eigenvalue weighted by Gasteiger charge is -2.43. The molecule has 182 valence electrons. The zero-order valence-corrected chi connectivity index (χ0v) is 21.2. The third-order valence-electron chi connectivity index (χ3n) is 7.15. The number of fused-ring (bicyclic) bond motifs is 1. The molecule has 6 atom stereocenters. The van der Waals surface area contributed by atoms with Gasteiger partial charge in [-0.2, -0.15) is 0 Å². The van der Waals surface area contributed by atoms with E-state index in [9.17, 15) is 9.59 Å². The molecule has 4 rings (SSSR count). The molecule has 1 fully saturated rings. The Balaban J connectivity index is 1.57. The van der Waals surface area contributed by atoms with Crippen molar-refractivity contribution in [2.24, 2.45) is 11.8 Å². The van der Waals surface area contributed by atoms with Gasteiger partial charge >= 0.3 is 11.9 Å². The standard InChI is InChI=1S/C28H34O5S/c1-17-18(2)27(32-20(4)30)28(33-26(17)16-31-19(3)29)34-23-12-7-11-22(15-23)25-14-8-10-21-9-5-6-13-24(21)25/h5-7,9,11-13,15,17-18,25-28H,8,10,14,16H2,1-4H3/t17-,18-,25?,26?,27?,28-/m0/s1. The van der Waals surface area contributed by atoms with Gasteiger partial charge in [-0.05, 0) is 54.0 Å². The van der Waals surface area contributed by atoms with Crippen LogP contribution in [-0.2, 0) is 30.2 Å². The molecule has 34 heavy (non-hydrogen) atoms. The summed E-state index contributed by atoms with van der Waals surface area (Å²) >= 11 is 1.58. The van der Waals surface area contributed by atoms with E-state index in [1.807, 2.05) is 0 Å². The van der Waals surface area contributed by atoms with Crippen molar-refractivity contribution in [3.8, 4) is 0 Å². The predicted octanol–water partition coefficient (Wildman–Crippen LogP) is 5.74. The van der Waals surface area contributed by atoms with E-state index in [0.717, 1.165) is 17.7 Å². The molecule has 0 radical (unpaired) electrons. The number of carbonyl (C=O) groups is 2. The number of carbonyl (C=O) groups excluding carboxylic acids is 2. The van der Waals surface area contributed by atoms with E-state index in [0.29, 0.717) is 5.92 Å². The fourth-order valence-electron chi connectivity index (χ4n) is 5.14. The number of aryl methyl sites for hydroxylation is 1. The molecule has 1 heterocycles. The van der Waals surface area contributed by atoms with Gasteiger partial charge in [0.2, 0.25) is 0 Å². The molecule has 2 aromatic rings. The number of rotatable bonds is 6. The molecule has 2 aromatic carbocycles. The first kappa shape index (κ1) is 24.8. The lowest BCUT2D eigenvalue weighted by molar-refractivity contribution is -0.184. The van der Waals surface area contributed by atoms with Gasteiger partial charge in [-0.3, -0.25) is 9.59 Å². The van der Waals surface area contributed by atoms with Crippen LogP contribution in [-0.4, -0.2) is 36.2 Å². The highest BCUT2D eigenvalue weighted by Gasteiger charge is 2.44. The summed E-state index contributed by atoms with van der Waals surface area (Å²) in [5.41, 5.74) is 3.78. The maximum absolute atomic E-state index is 11.9. The number of hydrogen-bond acceptors (Lipinski definition) is 6. The minimum absolute atomic E-state index is 0.0594. The third kappa shape index (κ3) is 5.66. The second-order valence-corrected chi connectivity index (χ2v) is 10.6. The number of thioether (sulfide) groups is 1. The number of esters is 2. The zero-order chi connectivity index (χ0) is 24.2. The van der Waals surface area contributed by atoms with Gasteiger partial charge in [-0.1, -0.05) is 62.0 Å². The Kier molecular flexibility index (Phi) is 7.99. The smallest absolute Gasteiger partial charge is 0.303 e. The normalized spacial score (nSPS) is 28.6. The van der Waals surface area contributed by atoms with Crippen LogP contribution in [0.1, 0.15) is 63.1 Å². The first-order valence-electron chi connectivity index (χ1n) is 12.1. The van der Waals surface area contributed by atoms with Gasteiger partial charge in [0, 0.05) is 30.6 Å². The van der Waals surface area contributed by atoms with Crippen molar-refractivity contribution < 1.29 is 23.8 Å². The average Bonchev–Trinajstić information content (AvgIpc) is 2.82. The molecule has 2 aliphatic rings. The summed E-state index contributed by atoms with van der Waals surface area (Å²) in [5.74, 6) is -0.119. The van der Waals surface area contributed by atoms with Crippen LogP contribution >= 0.6 is 11.8 Å². The summed E-state index contributed by atoms with van der Waals surface area (Å²) in [6, 6.07) is 17.4. The minimum Gasteiger partial charge on any atom is -0.463 e. The van der Waals surface area contributed by atoms with E-state index in [-0.39, 0.29) is 48.0 Å². The fraction of sp³-hybridized carbons (Fsp3) is 0.500. The lowest BCUT2D eigenvalue weighted by Crippen LogP contribution is -2.51. The highest BCUT2D eigenvalue weighted by molar-refractivity contribution is 7.99. The molecule has 0 N–H and O–H groups in total. The van der Waals surface area contributed by atoms with Crippen LogP contribution < -0.4 is 0 Å². The molecule has 1 aliphatic carbocycles. The van der Waals surface area contributed by atoms with Gasteiger partial charge in [0.15, 0.2) is 0 Å². The van der Waals surface area contributed by atoms with Crippen LogP contribution in [0, 0.1) is 11.8 Å². The van der Waals surface area contributed by atoms with Crippen molar-refractivity contribution in [1.29, 1.82) is 0 Å². The summed E-state index contributed by atoms with van der Waals surface area (Å²) < 4.78 is 17.4. The summed E-state index contributed by atoms with van der Waals surface area (Å²) in [5, 5.41) is 0. The van der Waals surface area contributed by atoms with E-state index >= 15 is 0 Å². The van der Waals surface area contributed by atoms with Gasteiger partial charge in [0.1, 0.15) is 18.1 Å². The quantitative estimate of drug-likeness (QED) is 0.490. The SMILES string of the molecule is CC(=O)OCC1O[C@@H](Sc2cccc(C3CCCc4ccccc43)c2)C(OC(C)=O)[C@@H](C)[C@@H]1C. The van der Waals surface area contributed by atoms with Crippen LogP contribution in [0.15, 0.2) is 53.4 Å². The van der Waals surface area contributed by atoms with Crippen molar-refractivity contribution in [1.82, 2.24) is 0 Å². The zero-order valence-electron chi connectivity index (χ0n) is 20.4. The van der Waals surface area contributed by atoms with Gasteiger partial charge in [0.25, 0.3) is 0 Å². The molecule has 0 amide bonds. The Morgan fingerprint density at radius 1 is 1.03 bits per heavy atom. The van der Waals surface area contributed by atoms with Crippen molar-refractivity contribution in [2.75, 3.05) is 6.61 Å². The molecule has 0 spiro atoms. The van der Waals surface area contributed by atoms with Crippen molar-refractivity contribution in [3.05, 3.63) is 65.2 Å². The summed E-state index contributed by atoms with van der Waals surface area (Å²) in [6.45, 7) is 7.16. The van der Waals surface area contributed by atoms with Crippen molar-refractivity contribution in [2.45, 2.75) is 75.4 Å². The third-order valence-corrected chi connectivity index (χ3v) is 8.28. The molecule has 5 nitrogen and oxygen atoms in total. The number of hydrogen-bond donors (Lipinski definition) is 0. The second-order valence-electron chi connectivity index (χ2n) is 9.47. The molecule has 1 saturated heterocycles. The maximum atomic E-state index is 11.9. The topological polar surface area (TPSA) is 61.8 Å². The number of ether oxygens (including phenoxy) is 3. The Morgan fingerprint density at radius 2 is 1.82 bits per heavy atom. The van der Waals surface area contributed by atoms with Crippen molar-refractivity contribution >= 4 is 23.7 Å². The predicted molar refractivity (Wildman–Crippen MR) is 133 cm³/mol. The summed E-state index contributed by atoms with van der Waals surface area (Å²) in [4.78, 5) is 24.3. The lowest BCUT2D eigenvalue weighted by atomic mass is 9.79. The molecular formula is C28H34O5S. The van der Waals surface area contributed by atoms with Crippen LogP contribution in [0.25, 0.3) is 0 Å². The van der Waals surface area contributed by atoms with Crippen LogP contribution in [0.5, 0.6) is 0 Å². The molecule has 6 heteroatoms. The van der Waals surface area contributed by atoms with E-state index < -0.39 is 0 Å². The first-order valence-corrected chi connectivity index (χ1v) is 13.0.